The first-order valence-corrected chi connectivity index (χ1v) is 8.61. The number of aliphatic hydroxyl groups excluding tert-OH is 1. The van der Waals surface area contributed by atoms with Gasteiger partial charge in [0, 0.05) is 12.1 Å². The maximum atomic E-state index is 12.1. The Labute approximate surface area is 153 Å². The molecule has 3 N–H and O–H groups in total. The highest BCUT2D eigenvalue weighted by molar-refractivity contribution is 5.81. The van der Waals surface area contributed by atoms with E-state index in [4.69, 9.17) is 0 Å². The molecule has 0 heterocycles. The molecule has 26 heavy (non-hydrogen) atoms. The standard InChI is InChI=1S/C19H28F3NO3/c1-5-9-18(26,10-6-2)11-7-14(3)13-15(4)16(24)8-12-23-17(25)19(20,21)22/h13,16,24,26H,3,5-6,8-10,12H2,1-2,4H3,(H,23,25)/b15-13+. The minimum Gasteiger partial charge on any atom is -0.389 e. The van der Waals surface area contributed by atoms with Gasteiger partial charge in [-0.1, -0.05) is 45.1 Å². The van der Waals surface area contributed by atoms with Gasteiger partial charge in [0.05, 0.1) is 6.10 Å². The first-order valence-electron chi connectivity index (χ1n) is 8.61. The van der Waals surface area contributed by atoms with Gasteiger partial charge in [0.25, 0.3) is 0 Å². The zero-order chi connectivity index (χ0) is 20.4. The van der Waals surface area contributed by atoms with E-state index in [9.17, 15) is 28.2 Å². The van der Waals surface area contributed by atoms with Crippen LogP contribution in [0.2, 0.25) is 0 Å². The number of hydrogen-bond acceptors (Lipinski definition) is 3. The van der Waals surface area contributed by atoms with Crippen LogP contribution < -0.4 is 5.32 Å². The Bertz CT molecular complexity index is 565. The second kappa shape index (κ2) is 11.0. The van der Waals surface area contributed by atoms with Crippen molar-refractivity contribution < 1.29 is 28.2 Å². The summed E-state index contributed by atoms with van der Waals surface area (Å²) in [5.74, 6) is 3.55. The van der Waals surface area contributed by atoms with Crippen molar-refractivity contribution in [2.24, 2.45) is 0 Å². The molecule has 1 amide bonds. The SMILES string of the molecule is C=C(C#CC(O)(CCC)CCC)/C=C(\C)C(O)CCNC(=O)C(F)(F)F. The minimum absolute atomic E-state index is 0.0690. The van der Waals surface area contributed by atoms with Crippen LogP contribution >= 0.6 is 0 Å². The molecule has 0 aromatic carbocycles. The summed E-state index contributed by atoms with van der Waals surface area (Å²) >= 11 is 0. The normalized spacial score (nSPS) is 13.6. The lowest BCUT2D eigenvalue weighted by Gasteiger charge is -2.20. The van der Waals surface area contributed by atoms with E-state index in [-0.39, 0.29) is 13.0 Å². The third kappa shape index (κ3) is 9.64. The largest absolute Gasteiger partial charge is 0.471 e. The van der Waals surface area contributed by atoms with Crippen molar-refractivity contribution in [1.82, 2.24) is 5.32 Å². The number of hydrogen-bond donors (Lipinski definition) is 3. The summed E-state index contributed by atoms with van der Waals surface area (Å²) in [6.45, 7) is 8.94. The van der Waals surface area contributed by atoms with Crippen molar-refractivity contribution in [1.29, 1.82) is 0 Å². The topological polar surface area (TPSA) is 69.6 Å². The summed E-state index contributed by atoms with van der Waals surface area (Å²) in [4.78, 5) is 10.7. The van der Waals surface area contributed by atoms with Crippen LogP contribution in [0.3, 0.4) is 0 Å². The van der Waals surface area contributed by atoms with E-state index in [0.29, 0.717) is 24.0 Å². The third-order valence-corrected chi connectivity index (χ3v) is 3.67. The number of carbonyl (C=O) groups excluding carboxylic acids is 1. The van der Waals surface area contributed by atoms with E-state index >= 15 is 0 Å². The number of aliphatic hydroxyl groups is 2. The average molecular weight is 375 g/mol. The Morgan fingerprint density at radius 2 is 1.81 bits per heavy atom. The van der Waals surface area contributed by atoms with Crippen LogP contribution in [0.15, 0.2) is 23.8 Å². The summed E-state index contributed by atoms with van der Waals surface area (Å²) in [6.07, 6.45) is -1.86. The highest BCUT2D eigenvalue weighted by Crippen LogP contribution is 2.19. The molecule has 0 aromatic rings. The number of rotatable bonds is 9. The predicted octanol–water partition coefficient (Wildman–Crippen LogP) is 3.25. The Balaban J connectivity index is 4.72. The number of carbonyl (C=O) groups is 1. The van der Waals surface area contributed by atoms with Crippen LogP contribution in [0.4, 0.5) is 13.2 Å². The van der Waals surface area contributed by atoms with Crippen molar-refractivity contribution in [2.75, 3.05) is 6.54 Å². The van der Waals surface area contributed by atoms with E-state index < -0.39 is 23.8 Å². The molecular weight excluding hydrogens is 347 g/mol. The number of allylic oxidation sites excluding steroid dienone is 2. The highest BCUT2D eigenvalue weighted by atomic mass is 19.4. The zero-order valence-corrected chi connectivity index (χ0v) is 15.5. The van der Waals surface area contributed by atoms with Gasteiger partial charge in [0.1, 0.15) is 5.60 Å². The lowest BCUT2D eigenvalue weighted by molar-refractivity contribution is -0.173. The molecule has 0 aromatic heterocycles. The van der Waals surface area contributed by atoms with Crippen molar-refractivity contribution >= 4 is 5.91 Å². The molecule has 0 rings (SSSR count). The zero-order valence-electron chi connectivity index (χ0n) is 15.5. The molecule has 7 heteroatoms. The van der Waals surface area contributed by atoms with E-state index in [1.165, 1.54) is 6.08 Å². The van der Waals surface area contributed by atoms with Gasteiger partial charge in [-0.25, -0.2) is 0 Å². The molecular formula is C19H28F3NO3. The van der Waals surface area contributed by atoms with Crippen LogP contribution in [-0.4, -0.2) is 40.5 Å². The smallest absolute Gasteiger partial charge is 0.389 e. The predicted molar refractivity (Wildman–Crippen MR) is 95.1 cm³/mol. The molecule has 4 nitrogen and oxygen atoms in total. The van der Waals surface area contributed by atoms with Crippen molar-refractivity contribution in [3.63, 3.8) is 0 Å². The Hall–Kier alpha value is -1.78. The van der Waals surface area contributed by atoms with Crippen molar-refractivity contribution in [2.45, 2.75) is 70.8 Å². The molecule has 0 saturated carbocycles. The van der Waals surface area contributed by atoms with Crippen LogP contribution in [-0.2, 0) is 4.79 Å². The van der Waals surface area contributed by atoms with E-state index in [1.807, 2.05) is 13.8 Å². The highest BCUT2D eigenvalue weighted by Gasteiger charge is 2.38. The minimum atomic E-state index is -4.94. The summed E-state index contributed by atoms with van der Waals surface area (Å²) in [6, 6.07) is 0. The summed E-state index contributed by atoms with van der Waals surface area (Å²) < 4.78 is 36.2. The van der Waals surface area contributed by atoms with E-state index in [0.717, 1.165) is 12.8 Å². The lowest BCUT2D eigenvalue weighted by Crippen LogP contribution is -2.38. The molecule has 1 unspecified atom stereocenters. The van der Waals surface area contributed by atoms with Gasteiger partial charge < -0.3 is 15.5 Å². The van der Waals surface area contributed by atoms with Gasteiger partial charge in [-0.15, -0.1) is 0 Å². The number of nitrogens with one attached hydrogen (secondary N) is 1. The Morgan fingerprint density at radius 3 is 2.27 bits per heavy atom. The number of alkyl halides is 3. The molecule has 0 spiro atoms. The van der Waals surface area contributed by atoms with Gasteiger partial charge in [-0.2, -0.15) is 13.2 Å². The first-order chi connectivity index (χ1) is 11.9. The summed E-state index contributed by atoms with van der Waals surface area (Å²) in [5, 5.41) is 22.1. The molecule has 0 saturated heterocycles. The lowest BCUT2D eigenvalue weighted by atomic mass is 9.93. The van der Waals surface area contributed by atoms with Gasteiger partial charge in [-0.3, -0.25) is 4.79 Å². The maximum Gasteiger partial charge on any atom is 0.471 e. The average Bonchev–Trinajstić information content (AvgIpc) is 2.52. The van der Waals surface area contributed by atoms with Gasteiger partial charge in [0.2, 0.25) is 0 Å². The van der Waals surface area contributed by atoms with E-state index in [2.05, 4.69) is 18.4 Å². The van der Waals surface area contributed by atoms with Crippen molar-refractivity contribution in [3.8, 4) is 11.8 Å². The van der Waals surface area contributed by atoms with Crippen molar-refractivity contribution in [3.05, 3.63) is 23.8 Å². The van der Waals surface area contributed by atoms with E-state index in [1.54, 1.807) is 12.2 Å². The fourth-order valence-corrected chi connectivity index (χ4v) is 2.33. The van der Waals surface area contributed by atoms with Gasteiger partial charge >= 0.3 is 12.1 Å². The van der Waals surface area contributed by atoms with Gasteiger partial charge in [0.15, 0.2) is 0 Å². The fraction of sp³-hybridized carbons (Fsp3) is 0.632. The molecule has 1 atom stereocenters. The number of halogens is 3. The second-order valence-electron chi connectivity index (χ2n) is 6.25. The summed E-state index contributed by atoms with van der Waals surface area (Å²) in [5.41, 5.74) is -0.235. The molecule has 0 aliphatic rings. The molecule has 0 aliphatic carbocycles. The number of amides is 1. The molecule has 148 valence electrons. The Morgan fingerprint density at radius 1 is 1.27 bits per heavy atom. The van der Waals surface area contributed by atoms with Crippen LogP contribution in [0, 0.1) is 11.8 Å². The van der Waals surface area contributed by atoms with Crippen LogP contribution in [0.5, 0.6) is 0 Å². The molecule has 0 radical (unpaired) electrons. The molecule has 0 bridgehead atoms. The second-order valence-corrected chi connectivity index (χ2v) is 6.25. The third-order valence-electron chi connectivity index (χ3n) is 3.67. The Kier molecular flexibility index (Phi) is 10.3. The molecule has 0 fully saturated rings. The molecule has 0 aliphatic heterocycles. The summed E-state index contributed by atoms with van der Waals surface area (Å²) in [7, 11) is 0. The fourth-order valence-electron chi connectivity index (χ4n) is 2.33. The maximum absolute atomic E-state index is 12.1. The first kappa shape index (κ1) is 24.2. The van der Waals surface area contributed by atoms with Gasteiger partial charge in [-0.05, 0) is 37.8 Å². The van der Waals surface area contributed by atoms with Crippen LogP contribution in [0.25, 0.3) is 0 Å². The van der Waals surface area contributed by atoms with Crippen LogP contribution in [0.1, 0.15) is 52.9 Å². The monoisotopic (exact) mass is 375 g/mol. The quantitative estimate of drug-likeness (QED) is 0.428.